The first-order valence-corrected chi connectivity index (χ1v) is 7.47. The van der Waals surface area contributed by atoms with E-state index in [2.05, 4.69) is 21.2 Å². The molecule has 0 spiro atoms. The lowest BCUT2D eigenvalue weighted by Gasteiger charge is -2.06. The predicted molar refractivity (Wildman–Crippen MR) is 82.3 cm³/mol. The van der Waals surface area contributed by atoms with Gasteiger partial charge < -0.3 is 5.32 Å². The Morgan fingerprint density at radius 2 is 2.16 bits per heavy atom. The zero-order chi connectivity index (χ0) is 13.8. The number of nitro benzene ring substituents is 1. The SMILES string of the molecule is O=[N+]([O-])c1ccc(Cl)cc1NCCc1ccc(Br)s1. The van der Waals surface area contributed by atoms with Crippen LogP contribution in [0.5, 0.6) is 0 Å². The van der Waals surface area contributed by atoms with Crippen molar-refractivity contribution in [2.45, 2.75) is 6.42 Å². The monoisotopic (exact) mass is 360 g/mol. The Balaban J connectivity index is 2.02. The van der Waals surface area contributed by atoms with E-state index in [0.29, 0.717) is 17.3 Å². The van der Waals surface area contributed by atoms with Gasteiger partial charge in [0.25, 0.3) is 5.69 Å². The van der Waals surface area contributed by atoms with E-state index in [4.69, 9.17) is 11.6 Å². The first-order valence-electron chi connectivity index (χ1n) is 5.48. The van der Waals surface area contributed by atoms with Gasteiger partial charge in [-0.3, -0.25) is 10.1 Å². The van der Waals surface area contributed by atoms with Gasteiger partial charge in [0.2, 0.25) is 0 Å². The van der Waals surface area contributed by atoms with Gasteiger partial charge in [0, 0.05) is 22.5 Å². The van der Waals surface area contributed by atoms with E-state index in [-0.39, 0.29) is 5.69 Å². The largest absolute Gasteiger partial charge is 0.379 e. The Hall–Kier alpha value is -1.11. The average Bonchev–Trinajstić information content (AvgIpc) is 2.75. The maximum atomic E-state index is 10.9. The van der Waals surface area contributed by atoms with Gasteiger partial charge in [-0.15, -0.1) is 11.3 Å². The van der Waals surface area contributed by atoms with Gasteiger partial charge >= 0.3 is 0 Å². The second kappa shape index (κ2) is 6.36. The predicted octanol–water partition coefficient (Wildman–Crippen LogP) is 4.73. The summed E-state index contributed by atoms with van der Waals surface area (Å²) in [5.41, 5.74) is 0.491. The van der Waals surface area contributed by atoms with E-state index in [0.717, 1.165) is 10.2 Å². The Kier molecular flexibility index (Phi) is 4.79. The summed E-state index contributed by atoms with van der Waals surface area (Å²) in [7, 11) is 0. The van der Waals surface area contributed by atoms with E-state index in [1.165, 1.54) is 17.0 Å². The summed E-state index contributed by atoms with van der Waals surface area (Å²) in [5, 5.41) is 14.4. The number of nitro groups is 1. The molecule has 19 heavy (non-hydrogen) atoms. The van der Waals surface area contributed by atoms with Gasteiger partial charge in [0.1, 0.15) is 5.69 Å². The Labute approximate surface area is 127 Å². The van der Waals surface area contributed by atoms with Crippen LogP contribution in [0.15, 0.2) is 34.1 Å². The minimum absolute atomic E-state index is 0.0387. The number of nitrogens with one attached hydrogen (secondary N) is 1. The molecular weight excluding hydrogens is 352 g/mol. The molecule has 4 nitrogen and oxygen atoms in total. The number of halogens is 2. The Morgan fingerprint density at radius 3 is 2.79 bits per heavy atom. The fourth-order valence-electron chi connectivity index (χ4n) is 1.62. The highest BCUT2D eigenvalue weighted by Gasteiger charge is 2.13. The van der Waals surface area contributed by atoms with Crippen LogP contribution in [0.3, 0.4) is 0 Å². The highest BCUT2D eigenvalue weighted by molar-refractivity contribution is 9.11. The van der Waals surface area contributed by atoms with Crippen LogP contribution in [-0.2, 0) is 6.42 Å². The van der Waals surface area contributed by atoms with E-state index in [1.54, 1.807) is 17.4 Å². The quantitative estimate of drug-likeness (QED) is 0.619. The molecule has 0 radical (unpaired) electrons. The molecule has 0 amide bonds. The first-order chi connectivity index (χ1) is 9.06. The molecule has 2 aromatic rings. The zero-order valence-corrected chi connectivity index (χ0v) is 12.9. The number of anilines is 1. The van der Waals surface area contributed by atoms with Gasteiger partial charge in [-0.25, -0.2) is 0 Å². The fraction of sp³-hybridized carbons (Fsp3) is 0.167. The topological polar surface area (TPSA) is 55.2 Å². The summed E-state index contributed by atoms with van der Waals surface area (Å²) in [6.07, 6.45) is 0.805. The number of thiophene rings is 1. The summed E-state index contributed by atoms with van der Waals surface area (Å²) in [5.74, 6) is 0. The summed E-state index contributed by atoms with van der Waals surface area (Å²) in [4.78, 5) is 11.7. The van der Waals surface area contributed by atoms with Crippen molar-refractivity contribution < 1.29 is 4.92 Å². The molecule has 1 aromatic carbocycles. The lowest BCUT2D eigenvalue weighted by Crippen LogP contribution is -2.06. The van der Waals surface area contributed by atoms with Crippen LogP contribution < -0.4 is 5.32 Å². The lowest BCUT2D eigenvalue weighted by molar-refractivity contribution is -0.384. The summed E-state index contributed by atoms with van der Waals surface area (Å²) >= 11 is 10.9. The molecule has 0 fully saturated rings. The van der Waals surface area contributed by atoms with Crippen molar-refractivity contribution in [2.75, 3.05) is 11.9 Å². The number of nitrogens with zero attached hydrogens (tertiary/aromatic N) is 1. The number of rotatable bonds is 5. The van der Waals surface area contributed by atoms with Crippen LogP contribution in [0.25, 0.3) is 0 Å². The molecular formula is C12H10BrClN2O2S. The highest BCUT2D eigenvalue weighted by Crippen LogP contribution is 2.28. The normalized spacial score (nSPS) is 10.4. The van der Waals surface area contributed by atoms with Gasteiger partial charge in [0.05, 0.1) is 8.71 Å². The molecule has 0 aliphatic carbocycles. The third kappa shape index (κ3) is 3.92. The maximum absolute atomic E-state index is 10.9. The van der Waals surface area contributed by atoms with Crippen LogP contribution in [0.1, 0.15) is 4.88 Å². The summed E-state index contributed by atoms with van der Waals surface area (Å²) < 4.78 is 1.08. The van der Waals surface area contributed by atoms with Crippen molar-refractivity contribution in [2.24, 2.45) is 0 Å². The molecule has 0 saturated heterocycles. The van der Waals surface area contributed by atoms with Crippen molar-refractivity contribution in [3.8, 4) is 0 Å². The van der Waals surface area contributed by atoms with Crippen LogP contribution >= 0.6 is 38.9 Å². The van der Waals surface area contributed by atoms with Crippen LogP contribution in [-0.4, -0.2) is 11.5 Å². The maximum Gasteiger partial charge on any atom is 0.292 e. The molecule has 7 heteroatoms. The van der Waals surface area contributed by atoms with Gasteiger partial charge in [-0.05, 0) is 46.6 Å². The molecule has 0 aliphatic heterocycles. The molecule has 0 bridgehead atoms. The Morgan fingerprint density at radius 1 is 1.37 bits per heavy atom. The molecule has 1 aromatic heterocycles. The lowest BCUT2D eigenvalue weighted by atomic mass is 10.2. The third-order valence-corrected chi connectivity index (χ3v) is 4.39. The van der Waals surface area contributed by atoms with E-state index in [9.17, 15) is 10.1 Å². The zero-order valence-electron chi connectivity index (χ0n) is 9.73. The van der Waals surface area contributed by atoms with E-state index >= 15 is 0 Å². The second-order valence-corrected chi connectivity index (χ2v) is 6.79. The van der Waals surface area contributed by atoms with Gasteiger partial charge in [-0.1, -0.05) is 11.6 Å². The number of benzene rings is 1. The van der Waals surface area contributed by atoms with Crippen molar-refractivity contribution in [1.82, 2.24) is 0 Å². The van der Waals surface area contributed by atoms with Gasteiger partial charge in [0.15, 0.2) is 0 Å². The third-order valence-electron chi connectivity index (χ3n) is 2.47. The number of hydrogen-bond donors (Lipinski definition) is 1. The number of hydrogen-bond acceptors (Lipinski definition) is 4. The smallest absolute Gasteiger partial charge is 0.292 e. The van der Waals surface area contributed by atoms with Crippen LogP contribution in [0.2, 0.25) is 5.02 Å². The molecule has 2 rings (SSSR count). The van der Waals surface area contributed by atoms with Crippen LogP contribution in [0.4, 0.5) is 11.4 Å². The minimum Gasteiger partial charge on any atom is -0.379 e. The average molecular weight is 362 g/mol. The molecule has 0 atom stereocenters. The first kappa shape index (κ1) is 14.3. The molecule has 0 aliphatic rings. The van der Waals surface area contributed by atoms with Crippen molar-refractivity contribution in [1.29, 1.82) is 0 Å². The van der Waals surface area contributed by atoms with Crippen molar-refractivity contribution in [3.05, 3.63) is 54.1 Å². The second-order valence-electron chi connectivity index (χ2n) is 3.80. The standard InChI is InChI=1S/C12H10BrClN2O2S/c13-12-4-2-9(19-12)5-6-15-10-7-8(14)1-3-11(10)16(17)18/h1-4,7,15H,5-6H2. The minimum atomic E-state index is -0.416. The molecule has 0 unspecified atom stereocenters. The molecule has 100 valence electrons. The highest BCUT2D eigenvalue weighted by atomic mass is 79.9. The fourth-order valence-corrected chi connectivity index (χ4v) is 3.27. The van der Waals surface area contributed by atoms with Crippen LogP contribution in [0, 0.1) is 10.1 Å². The molecule has 1 N–H and O–H groups in total. The Bertz CT molecular complexity index is 603. The van der Waals surface area contributed by atoms with Crippen molar-refractivity contribution >= 4 is 50.2 Å². The molecule has 0 saturated carbocycles. The van der Waals surface area contributed by atoms with Crippen molar-refractivity contribution in [3.63, 3.8) is 0 Å². The summed E-state index contributed by atoms with van der Waals surface area (Å²) in [6, 6.07) is 8.52. The molecule has 1 heterocycles. The van der Waals surface area contributed by atoms with Gasteiger partial charge in [-0.2, -0.15) is 0 Å². The van der Waals surface area contributed by atoms with E-state index < -0.39 is 4.92 Å². The summed E-state index contributed by atoms with van der Waals surface area (Å²) in [6.45, 7) is 0.619. The van der Waals surface area contributed by atoms with E-state index in [1.807, 2.05) is 12.1 Å².